The van der Waals surface area contributed by atoms with Crippen LogP contribution in [0, 0.1) is 23.7 Å². The average Bonchev–Trinajstić information content (AvgIpc) is 3.37. The molecule has 2 aromatic carbocycles. The second-order valence-corrected chi connectivity index (χ2v) is 21.4. The van der Waals surface area contributed by atoms with E-state index in [1.165, 1.54) is 202 Å². The van der Waals surface area contributed by atoms with Crippen molar-refractivity contribution in [3.05, 3.63) is 95.6 Å². The second kappa shape index (κ2) is 30.9. The molecule has 67 heavy (non-hydrogen) atoms. The molecule has 2 aliphatic carbocycles. The van der Waals surface area contributed by atoms with Crippen LogP contribution in [-0.4, -0.2) is 33.1 Å². The van der Waals surface area contributed by atoms with Gasteiger partial charge in [-0.2, -0.15) is 0 Å². The molecule has 0 aliphatic heterocycles. The molecular weight excluding hydrogens is 817 g/mol. The van der Waals surface area contributed by atoms with Crippen molar-refractivity contribution in [2.75, 3.05) is 13.2 Å². The Morgan fingerprint density at radius 3 is 1.07 bits per heavy atom. The molecule has 2 aliphatic rings. The summed E-state index contributed by atoms with van der Waals surface area (Å²) in [4.78, 5) is 19.2. The minimum Gasteiger partial charge on any atom is -0.381 e. The predicted octanol–water partition coefficient (Wildman–Crippen LogP) is 18.1. The largest absolute Gasteiger partial charge is 0.381 e. The summed E-state index contributed by atoms with van der Waals surface area (Å²) in [5.74, 6) is 5.97. The highest BCUT2D eigenvalue weighted by Gasteiger charge is 2.31. The minimum atomic E-state index is 0.644. The van der Waals surface area contributed by atoms with Crippen molar-refractivity contribution in [2.45, 2.75) is 232 Å². The van der Waals surface area contributed by atoms with Crippen LogP contribution in [0.2, 0.25) is 0 Å². The Labute approximate surface area is 410 Å². The van der Waals surface area contributed by atoms with E-state index in [-0.39, 0.29) is 0 Å². The molecule has 0 N–H and O–H groups in total. The monoisotopic (exact) mass is 911 g/mol. The third kappa shape index (κ3) is 18.1. The van der Waals surface area contributed by atoms with Crippen LogP contribution in [0.1, 0.15) is 242 Å². The van der Waals surface area contributed by atoms with Gasteiger partial charge in [0, 0.05) is 49.1 Å². The lowest BCUT2D eigenvalue weighted by Gasteiger charge is -2.36. The molecule has 2 aromatic heterocycles. The summed E-state index contributed by atoms with van der Waals surface area (Å²) in [6, 6.07) is 18.7. The van der Waals surface area contributed by atoms with Crippen molar-refractivity contribution in [1.29, 1.82) is 0 Å². The van der Waals surface area contributed by atoms with Crippen LogP contribution in [0.25, 0.3) is 22.8 Å². The number of aromatic nitrogens is 4. The molecule has 0 amide bonds. The van der Waals surface area contributed by atoms with Gasteiger partial charge in [-0.3, -0.25) is 0 Å². The van der Waals surface area contributed by atoms with E-state index in [4.69, 9.17) is 24.7 Å². The summed E-state index contributed by atoms with van der Waals surface area (Å²) in [6.45, 7) is 11.2. The molecule has 368 valence electrons. The van der Waals surface area contributed by atoms with Crippen LogP contribution >= 0.6 is 0 Å². The second-order valence-electron chi connectivity index (χ2n) is 21.4. The zero-order valence-electron chi connectivity index (χ0n) is 43.2. The predicted molar refractivity (Wildman–Crippen MR) is 285 cm³/mol. The Hall–Kier alpha value is -3.44. The summed E-state index contributed by atoms with van der Waals surface area (Å²) < 4.78 is 6.59. The van der Waals surface area contributed by atoms with E-state index in [1.54, 1.807) is 0 Å². The van der Waals surface area contributed by atoms with Crippen molar-refractivity contribution in [1.82, 2.24) is 19.9 Å². The van der Waals surface area contributed by atoms with Crippen LogP contribution in [-0.2, 0) is 17.6 Å². The van der Waals surface area contributed by atoms with E-state index < -0.39 is 0 Å². The van der Waals surface area contributed by atoms with Gasteiger partial charge in [0.2, 0.25) is 0 Å². The maximum atomic E-state index is 6.59. The molecule has 5 nitrogen and oxygen atoms in total. The van der Waals surface area contributed by atoms with Crippen LogP contribution in [0.3, 0.4) is 0 Å². The quantitative estimate of drug-likeness (QED) is 0.0457. The number of aryl methyl sites for hydroxylation is 2. The van der Waals surface area contributed by atoms with E-state index in [9.17, 15) is 0 Å². The van der Waals surface area contributed by atoms with Crippen molar-refractivity contribution >= 4 is 0 Å². The van der Waals surface area contributed by atoms with Crippen LogP contribution in [0.4, 0.5) is 0 Å². The first-order chi connectivity index (χ1) is 33.1. The van der Waals surface area contributed by atoms with Gasteiger partial charge in [-0.1, -0.05) is 179 Å². The van der Waals surface area contributed by atoms with Gasteiger partial charge in [-0.25, -0.2) is 19.9 Å². The Kier molecular flexibility index (Phi) is 24.4. The highest BCUT2D eigenvalue weighted by atomic mass is 16.5. The number of rotatable bonds is 32. The highest BCUT2D eigenvalue weighted by Crippen LogP contribution is 2.43. The van der Waals surface area contributed by atoms with E-state index in [0.29, 0.717) is 23.7 Å². The van der Waals surface area contributed by atoms with Crippen molar-refractivity contribution in [2.24, 2.45) is 23.7 Å². The number of hydrogen-bond acceptors (Lipinski definition) is 5. The van der Waals surface area contributed by atoms with Gasteiger partial charge in [-0.15, -0.1) is 0 Å². The summed E-state index contributed by atoms with van der Waals surface area (Å²) in [5.41, 5.74) is 7.84. The Bertz CT molecular complexity index is 1700. The van der Waals surface area contributed by atoms with E-state index in [2.05, 4.69) is 101 Å². The topological polar surface area (TPSA) is 60.8 Å². The molecule has 5 heteroatoms. The number of ether oxygens (including phenoxy) is 1. The highest BCUT2D eigenvalue weighted by molar-refractivity contribution is 5.56. The zero-order valence-corrected chi connectivity index (χ0v) is 43.2. The number of nitrogens with zero attached hydrogens (tertiary/aromatic N) is 4. The lowest BCUT2D eigenvalue weighted by Crippen LogP contribution is -2.26. The van der Waals surface area contributed by atoms with Crippen LogP contribution < -0.4 is 0 Å². The molecule has 0 bridgehead atoms. The van der Waals surface area contributed by atoms with Gasteiger partial charge in [0.25, 0.3) is 0 Å². The minimum absolute atomic E-state index is 0.644. The smallest absolute Gasteiger partial charge is 0.159 e. The molecule has 0 spiro atoms. The molecule has 2 fully saturated rings. The number of hydrogen-bond donors (Lipinski definition) is 0. The molecule has 4 aromatic rings. The summed E-state index contributed by atoms with van der Waals surface area (Å²) >= 11 is 0. The van der Waals surface area contributed by atoms with Gasteiger partial charge < -0.3 is 4.74 Å². The molecule has 0 saturated heterocycles. The molecular formula is C62H94N4O. The fraction of sp³-hybridized carbons (Fsp3) is 0.677. The van der Waals surface area contributed by atoms with Crippen LogP contribution in [0.15, 0.2) is 73.3 Å². The van der Waals surface area contributed by atoms with Gasteiger partial charge >= 0.3 is 0 Å². The van der Waals surface area contributed by atoms with E-state index in [1.807, 2.05) is 0 Å². The first-order valence-electron chi connectivity index (χ1n) is 28.5. The third-order valence-corrected chi connectivity index (χ3v) is 16.1. The molecule has 2 unspecified atom stereocenters. The van der Waals surface area contributed by atoms with Gasteiger partial charge in [0.05, 0.1) is 0 Å². The molecule has 6 rings (SSSR count). The van der Waals surface area contributed by atoms with E-state index in [0.717, 1.165) is 60.7 Å². The first-order valence-corrected chi connectivity index (χ1v) is 28.5. The Morgan fingerprint density at radius 1 is 0.403 bits per heavy atom. The zero-order chi connectivity index (χ0) is 46.7. The maximum absolute atomic E-state index is 6.59. The van der Waals surface area contributed by atoms with Crippen molar-refractivity contribution in [3.8, 4) is 22.8 Å². The first kappa shape index (κ1) is 52.9. The summed E-state index contributed by atoms with van der Waals surface area (Å²) in [6.07, 6.45) is 47.4. The lowest BCUT2D eigenvalue weighted by molar-refractivity contribution is 0.0383. The molecule has 2 saturated carbocycles. The molecule has 2 heterocycles. The standard InChI is InChI=1S/C62H94N4O/c1-5-9-13-15-17-19-21-23-51-43-63-61(64-44-51)57-39-35-55(36-40-57)59(25-11-7-3)53-31-27-49(28-32-53)47-67-48-50-29-33-54(34-30-50)60(26-12-8-4)56-37-41-58(42-38-56)62-65-45-52(46-66-62)24-22-20-18-16-14-10-6-2/h35-46,49-50,53-54,59-60H,5-34,47-48H2,1-4H3. The van der Waals surface area contributed by atoms with Crippen LogP contribution in [0.5, 0.6) is 0 Å². The summed E-state index contributed by atoms with van der Waals surface area (Å²) in [7, 11) is 0. The van der Waals surface area contributed by atoms with Crippen molar-refractivity contribution < 1.29 is 4.74 Å². The lowest BCUT2D eigenvalue weighted by atomic mass is 9.71. The Balaban J connectivity index is 0.896. The average molecular weight is 911 g/mol. The third-order valence-electron chi connectivity index (χ3n) is 16.1. The van der Waals surface area contributed by atoms with Crippen molar-refractivity contribution in [3.63, 3.8) is 0 Å². The van der Waals surface area contributed by atoms with Gasteiger partial charge in [0.1, 0.15) is 0 Å². The number of unbranched alkanes of at least 4 members (excludes halogenated alkanes) is 14. The number of benzene rings is 2. The van der Waals surface area contributed by atoms with E-state index >= 15 is 0 Å². The Morgan fingerprint density at radius 2 is 0.731 bits per heavy atom. The fourth-order valence-corrected chi connectivity index (χ4v) is 11.7. The normalized spacial score (nSPS) is 19.6. The molecule has 2 atom stereocenters. The maximum Gasteiger partial charge on any atom is 0.159 e. The molecule has 0 radical (unpaired) electrons. The van der Waals surface area contributed by atoms with Gasteiger partial charge in [-0.05, 0) is 148 Å². The SMILES string of the molecule is CCCCCCCCCc1cnc(-c2ccc(C(CCCC)C3CCC(COCC4CCC(C(CCCC)c5ccc(-c6ncc(CCCCCCCCC)cn6)cc5)CC4)CC3)cc2)nc1. The van der Waals surface area contributed by atoms with Gasteiger partial charge in [0.15, 0.2) is 11.6 Å². The fourth-order valence-electron chi connectivity index (χ4n) is 11.7. The summed E-state index contributed by atoms with van der Waals surface area (Å²) in [5, 5.41) is 0.